The second-order valence-corrected chi connectivity index (χ2v) is 9.40. The molecule has 1 aliphatic rings. The van der Waals surface area contributed by atoms with Crippen LogP contribution in [0.1, 0.15) is 31.0 Å². The van der Waals surface area contributed by atoms with Gasteiger partial charge in [0, 0.05) is 5.70 Å². The van der Waals surface area contributed by atoms with E-state index in [1.807, 2.05) is 6.92 Å². The van der Waals surface area contributed by atoms with Gasteiger partial charge in [-0.2, -0.15) is 5.10 Å². The Hall–Kier alpha value is -4.23. The zero-order valence-electron chi connectivity index (χ0n) is 23.2. The fourth-order valence-electron chi connectivity index (χ4n) is 3.92. The van der Waals surface area contributed by atoms with Crippen molar-refractivity contribution in [1.82, 2.24) is 16.1 Å². The third-order valence-corrected chi connectivity index (χ3v) is 6.30. The Bertz CT molecular complexity index is 1330. The molecule has 4 N–H and O–H groups in total. The summed E-state index contributed by atoms with van der Waals surface area (Å²) in [6.45, 7) is 7.57. The van der Waals surface area contributed by atoms with Crippen LogP contribution in [0.25, 0.3) is 0 Å². The number of hydrogen-bond acceptors (Lipinski definition) is 10. The van der Waals surface area contributed by atoms with Crippen LogP contribution in [0.5, 0.6) is 23.0 Å². The highest BCUT2D eigenvalue weighted by molar-refractivity contribution is 9.10. The third-order valence-electron chi connectivity index (χ3n) is 5.71. The molecule has 0 fully saturated rings. The number of esters is 1. The van der Waals surface area contributed by atoms with Gasteiger partial charge in [-0.25, -0.2) is 9.59 Å². The van der Waals surface area contributed by atoms with Crippen LogP contribution in [0, 0.1) is 0 Å². The van der Waals surface area contributed by atoms with Crippen LogP contribution >= 0.6 is 15.9 Å². The number of carbonyl (C=O) groups excluding carboxylic acids is 2. The lowest BCUT2D eigenvalue weighted by molar-refractivity contribution is -0.136. The number of ether oxygens (including phenoxy) is 5. The largest absolute Gasteiger partial charge is 0.493 e. The van der Waals surface area contributed by atoms with E-state index in [0.29, 0.717) is 57.5 Å². The van der Waals surface area contributed by atoms with Gasteiger partial charge in [-0.3, -0.25) is 5.43 Å². The van der Waals surface area contributed by atoms with Crippen LogP contribution < -0.4 is 35.0 Å². The molecule has 2 amide bonds. The van der Waals surface area contributed by atoms with E-state index >= 15 is 0 Å². The van der Waals surface area contributed by atoms with Crippen molar-refractivity contribution in [2.45, 2.75) is 26.1 Å². The third kappa shape index (κ3) is 8.14. The highest BCUT2D eigenvalue weighted by Crippen LogP contribution is 2.37. The van der Waals surface area contributed by atoms with Gasteiger partial charge in [0.25, 0.3) is 0 Å². The Morgan fingerprint density at radius 3 is 2.66 bits per heavy atom. The standard InChI is InChI=1S/C28H33BrN4O8/c1-6-10-40-26-19(29)11-17(12-22(26)37-4)14-30-33-23(34)15-41-20-9-8-18(13-21(20)39-7-2)25-24(27(35)38-5)16(3)31-28(36)32-25/h6,8-9,11-14,23,25,33-34H,1,7,10,15H2,2-5H3,(H2,31,32,36)/b30-14-/t23-,25-/m0/s1. The number of methoxy groups -OCH3 is 2. The molecule has 1 heterocycles. The van der Waals surface area contributed by atoms with E-state index in [-0.39, 0.29) is 12.2 Å². The van der Waals surface area contributed by atoms with Gasteiger partial charge in [0.1, 0.15) is 13.2 Å². The number of benzene rings is 2. The van der Waals surface area contributed by atoms with Gasteiger partial charge >= 0.3 is 12.0 Å². The average molecular weight is 633 g/mol. The van der Waals surface area contributed by atoms with E-state index in [1.54, 1.807) is 43.3 Å². The van der Waals surface area contributed by atoms with Crippen molar-refractivity contribution in [3.8, 4) is 23.0 Å². The lowest BCUT2D eigenvalue weighted by Crippen LogP contribution is -2.45. The molecule has 3 rings (SSSR count). The van der Waals surface area contributed by atoms with E-state index in [0.717, 1.165) is 0 Å². The first kappa shape index (κ1) is 31.3. The number of carbonyl (C=O) groups is 2. The van der Waals surface area contributed by atoms with Crippen molar-refractivity contribution in [2.75, 3.05) is 34.0 Å². The number of amides is 2. The molecule has 0 unspecified atom stereocenters. The lowest BCUT2D eigenvalue weighted by atomic mass is 9.95. The van der Waals surface area contributed by atoms with E-state index < -0.39 is 24.3 Å². The summed E-state index contributed by atoms with van der Waals surface area (Å²) in [6.07, 6.45) is 1.99. The van der Waals surface area contributed by atoms with Gasteiger partial charge in [0.2, 0.25) is 0 Å². The molecular weight excluding hydrogens is 600 g/mol. The predicted molar refractivity (Wildman–Crippen MR) is 155 cm³/mol. The van der Waals surface area contributed by atoms with Crippen molar-refractivity contribution in [2.24, 2.45) is 5.10 Å². The number of urea groups is 1. The smallest absolute Gasteiger partial charge is 0.337 e. The van der Waals surface area contributed by atoms with Crippen molar-refractivity contribution in [3.63, 3.8) is 0 Å². The van der Waals surface area contributed by atoms with Crippen LogP contribution in [0.4, 0.5) is 4.79 Å². The second kappa shape index (κ2) is 15.0. The Morgan fingerprint density at radius 1 is 1.20 bits per heavy atom. The first-order valence-electron chi connectivity index (χ1n) is 12.6. The minimum Gasteiger partial charge on any atom is -0.493 e. The van der Waals surface area contributed by atoms with Gasteiger partial charge in [-0.15, -0.1) is 0 Å². The molecule has 0 spiro atoms. The number of halogens is 1. The number of allylic oxidation sites excluding steroid dienone is 1. The SMILES string of the molecule is C=CCOc1c(Br)cc(/C=N\N[C@@H](O)COc2ccc([C@@H]3NC(=O)NC(C)=C3C(=O)OC)cc2OCC)cc1OC. The molecular formula is C28H33BrN4O8. The lowest BCUT2D eigenvalue weighted by Gasteiger charge is -2.28. The Balaban J connectivity index is 1.69. The summed E-state index contributed by atoms with van der Waals surface area (Å²) in [4.78, 5) is 24.5. The molecule has 220 valence electrons. The van der Waals surface area contributed by atoms with Crippen LogP contribution in [0.3, 0.4) is 0 Å². The number of hydrazone groups is 1. The van der Waals surface area contributed by atoms with Crippen LogP contribution in [-0.2, 0) is 9.53 Å². The summed E-state index contributed by atoms with van der Waals surface area (Å²) in [5, 5.41) is 19.8. The highest BCUT2D eigenvalue weighted by Gasteiger charge is 2.32. The summed E-state index contributed by atoms with van der Waals surface area (Å²) < 4.78 is 28.1. The quantitative estimate of drug-likeness (QED) is 0.0806. The van der Waals surface area contributed by atoms with E-state index in [2.05, 4.69) is 43.7 Å². The minimum absolute atomic E-state index is 0.158. The zero-order valence-corrected chi connectivity index (χ0v) is 24.7. The number of nitrogens with one attached hydrogen (secondary N) is 3. The van der Waals surface area contributed by atoms with E-state index in [4.69, 9.17) is 23.7 Å². The Morgan fingerprint density at radius 2 is 1.98 bits per heavy atom. The van der Waals surface area contributed by atoms with Crippen molar-refractivity contribution >= 4 is 34.1 Å². The molecule has 2 atom stereocenters. The molecule has 0 aliphatic carbocycles. The summed E-state index contributed by atoms with van der Waals surface area (Å²) >= 11 is 3.46. The van der Waals surface area contributed by atoms with Gasteiger partial charge in [-0.05, 0) is 65.2 Å². The molecule has 41 heavy (non-hydrogen) atoms. The van der Waals surface area contributed by atoms with Crippen LogP contribution in [-0.4, -0.2) is 63.6 Å². The second-order valence-electron chi connectivity index (χ2n) is 8.55. The summed E-state index contributed by atoms with van der Waals surface area (Å²) in [5.74, 6) is 1.19. The zero-order chi connectivity index (χ0) is 29.9. The van der Waals surface area contributed by atoms with Gasteiger partial charge < -0.3 is 39.4 Å². The number of aliphatic hydroxyl groups excluding tert-OH is 1. The maximum Gasteiger partial charge on any atom is 0.337 e. The number of hydrogen-bond donors (Lipinski definition) is 4. The van der Waals surface area contributed by atoms with E-state index in [1.165, 1.54) is 20.4 Å². The summed E-state index contributed by atoms with van der Waals surface area (Å²) in [5.41, 5.74) is 4.54. The molecule has 12 nitrogen and oxygen atoms in total. The van der Waals surface area contributed by atoms with Crippen molar-refractivity contribution in [3.05, 3.63) is 69.9 Å². The van der Waals surface area contributed by atoms with E-state index in [9.17, 15) is 14.7 Å². The van der Waals surface area contributed by atoms with Crippen molar-refractivity contribution in [1.29, 1.82) is 0 Å². The molecule has 0 bridgehead atoms. The number of nitrogens with zero attached hydrogens (tertiary/aromatic N) is 1. The molecule has 0 saturated heterocycles. The van der Waals surface area contributed by atoms with Gasteiger partial charge in [0.15, 0.2) is 29.2 Å². The minimum atomic E-state index is -1.15. The van der Waals surface area contributed by atoms with Gasteiger partial charge in [0.05, 0.1) is 43.1 Å². The summed E-state index contributed by atoms with van der Waals surface area (Å²) in [7, 11) is 2.80. The first-order valence-corrected chi connectivity index (χ1v) is 13.4. The first-order chi connectivity index (χ1) is 19.7. The Kier molecular flexibility index (Phi) is 11.4. The fourth-order valence-corrected chi connectivity index (χ4v) is 4.49. The monoisotopic (exact) mass is 632 g/mol. The van der Waals surface area contributed by atoms with Crippen molar-refractivity contribution < 1.29 is 38.4 Å². The number of aliphatic hydroxyl groups is 1. The molecule has 1 aliphatic heterocycles. The molecule has 13 heteroatoms. The molecule has 0 saturated carbocycles. The fraction of sp³-hybridized carbons (Fsp3) is 0.321. The normalized spacial score (nSPS) is 15.5. The highest BCUT2D eigenvalue weighted by atomic mass is 79.9. The Labute approximate surface area is 246 Å². The topological polar surface area (TPSA) is 149 Å². The number of rotatable bonds is 14. The average Bonchev–Trinajstić information content (AvgIpc) is 2.95. The predicted octanol–water partition coefficient (Wildman–Crippen LogP) is 3.54. The molecule has 2 aromatic rings. The summed E-state index contributed by atoms with van der Waals surface area (Å²) in [6, 6.07) is 7.31. The van der Waals surface area contributed by atoms with Crippen LogP contribution in [0.2, 0.25) is 0 Å². The maximum absolute atomic E-state index is 12.4. The van der Waals surface area contributed by atoms with Gasteiger partial charge in [-0.1, -0.05) is 18.7 Å². The van der Waals surface area contributed by atoms with Crippen LogP contribution in [0.15, 0.2) is 63.8 Å². The maximum atomic E-state index is 12.4. The molecule has 0 aromatic heterocycles. The molecule has 2 aromatic carbocycles. The molecule has 0 radical (unpaired) electrons.